The summed E-state index contributed by atoms with van der Waals surface area (Å²) in [5, 5.41) is 11.2. The quantitative estimate of drug-likeness (QED) is 0.825. The Hall–Kier alpha value is -1.93. The van der Waals surface area contributed by atoms with Crippen LogP contribution in [-0.4, -0.2) is 10.1 Å². The Bertz CT molecular complexity index is 494. The first-order chi connectivity index (χ1) is 9.19. The molecule has 0 saturated heterocycles. The molecule has 98 valence electrons. The third-order valence-electron chi connectivity index (χ3n) is 3.29. The molecule has 0 fully saturated rings. The number of rotatable bonds is 5. The number of aromatic nitrogens is 1. The number of hydrogen-bond acceptors (Lipinski definition) is 2. The van der Waals surface area contributed by atoms with Crippen molar-refractivity contribution < 1.29 is 5.11 Å². The van der Waals surface area contributed by atoms with E-state index in [-0.39, 0.29) is 0 Å². The second-order valence-corrected chi connectivity index (χ2v) is 4.64. The number of aliphatic hydroxyl groups is 1. The maximum absolute atomic E-state index is 11.2. The summed E-state index contributed by atoms with van der Waals surface area (Å²) >= 11 is 0. The molecule has 2 aromatic rings. The highest BCUT2D eigenvalue weighted by molar-refractivity contribution is 5.41. The molecule has 1 unspecified atom stereocenters. The normalized spacial score (nSPS) is 13.8. The Morgan fingerprint density at radius 2 is 1.84 bits per heavy atom. The average Bonchev–Trinajstić information content (AvgIpc) is 2.48. The lowest BCUT2D eigenvalue weighted by Crippen LogP contribution is -2.30. The maximum atomic E-state index is 11.2. The molecule has 0 radical (unpaired) electrons. The van der Waals surface area contributed by atoms with Crippen LogP contribution < -0.4 is 0 Å². The van der Waals surface area contributed by atoms with Gasteiger partial charge in [0.25, 0.3) is 0 Å². The van der Waals surface area contributed by atoms with Gasteiger partial charge in [-0.1, -0.05) is 56.3 Å². The first-order valence-electron chi connectivity index (χ1n) is 6.57. The summed E-state index contributed by atoms with van der Waals surface area (Å²) in [5.41, 5.74) is 1.00. The number of pyridine rings is 1. The standard InChI is InChI=1S/C17H19NO/c1-3-9-14(2)17(19,15-10-5-4-6-11-15)16-12-7-8-13-18-16/h4-8,10-13,19H,2-3,9H2,1H3. The largest absolute Gasteiger partial charge is 0.375 e. The molecule has 0 amide bonds. The zero-order valence-electron chi connectivity index (χ0n) is 11.2. The molecule has 1 atom stereocenters. The monoisotopic (exact) mass is 253 g/mol. The van der Waals surface area contributed by atoms with E-state index in [9.17, 15) is 5.11 Å². The van der Waals surface area contributed by atoms with E-state index in [0.29, 0.717) is 5.69 Å². The van der Waals surface area contributed by atoms with Crippen molar-refractivity contribution in [3.05, 3.63) is 78.1 Å². The fraction of sp³-hybridized carbons (Fsp3) is 0.235. The summed E-state index contributed by atoms with van der Waals surface area (Å²) in [7, 11) is 0. The van der Waals surface area contributed by atoms with Crippen LogP contribution in [0.15, 0.2) is 66.9 Å². The Balaban J connectivity index is 2.54. The van der Waals surface area contributed by atoms with Crippen LogP contribution in [0.3, 0.4) is 0 Å². The molecule has 0 saturated carbocycles. The minimum atomic E-state index is -1.21. The number of nitrogens with zero attached hydrogens (tertiary/aromatic N) is 1. The number of benzene rings is 1. The van der Waals surface area contributed by atoms with Gasteiger partial charge in [-0.2, -0.15) is 0 Å². The molecule has 1 heterocycles. The zero-order chi connectivity index (χ0) is 13.7. The van der Waals surface area contributed by atoms with Gasteiger partial charge in [-0.25, -0.2) is 0 Å². The van der Waals surface area contributed by atoms with Gasteiger partial charge in [-0.15, -0.1) is 0 Å². The smallest absolute Gasteiger partial charge is 0.153 e. The van der Waals surface area contributed by atoms with Crippen molar-refractivity contribution in [1.82, 2.24) is 4.98 Å². The van der Waals surface area contributed by atoms with Gasteiger partial charge in [0.15, 0.2) is 5.60 Å². The van der Waals surface area contributed by atoms with Crippen LogP contribution in [-0.2, 0) is 5.60 Å². The predicted molar refractivity (Wildman–Crippen MR) is 77.7 cm³/mol. The van der Waals surface area contributed by atoms with Crippen molar-refractivity contribution in [1.29, 1.82) is 0 Å². The molecule has 1 N–H and O–H groups in total. The Morgan fingerprint density at radius 3 is 2.42 bits per heavy atom. The SMILES string of the molecule is C=C(CCC)C(O)(c1ccccc1)c1ccccn1. The molecule has 2 rings (SSSR count). The first-order valence-corrected chi connectivity index (χ1v) is 6.57. The highest BCUT2D eigenvalue weighted by Gasteiger charge is 2.35. The molecular weight excluding hydrogens is 234 g/mol. The van der Waals surface area contributed by atoms with Crippen molar-refractivity contribution >= 4 is 0 Å². The molecule has 2 heteroatoms. The van der Waals surface area contributed by atoms with Crippen molar-refractivity contribution in [2.24, 2.45) is 0 Å². The topological polar surface area (TPSA) is 33.1 Å². The summed E-state index contributed by atoms with van der Waals surface area (Å²) in [5.74, 6) is 0. The first kappa shape index (κ1) is 13.5. The molecule has 1 aromatic heterocycles. The zero-order valence-corrected chi connectivity index (χ0v) is 11.2. The number of hydrogen-bond donors (Lipinski definition) is 1. The third-order valence-corrected chi connectivity index (χ3v) is 3.29. The molecule has 19 heavy (non-hydrogen) atoms. The van der Waals surface area contributed by atoms with E-state index in [4.69, 9.17) is 0 Å². The van der Waals surface area contributed by atoms with E-state index < -0.39 is 5.60 Å². The molecule has 2 nitrogen and oxygen atoms in total. The summed E-state index contributed by atoms with van der Waals surface area (Å²) in [6, 6.07) is 15.2. The summed E-state index contributed by atoms with van der Waals surface area (Å²) in [6.45, 7) is 6.16. The third kappa shape index (κ3) is 2.59. The van der Waals surface area contributed by atoms with E-state index >= 15 is 0 Å². The lowest BCUT2D eigenvalue weighted by molar-refractivity contribution is 0.112. The molecule has 0 aliphatic rings. The van der Waals surface area contributed by atoms with Crippen LogP contribution in [0.2, 0.25) is 0 Å². The van der Waals surface area contributed by atoms with Crippen LogP contribution in [0.5, 0.6) is 0 Å². The van der Waals surface area contributed by atoms with Gasteiger partial charge < -0.3 is 5.11 Å². The molecule has 0 aliphatic carbocycles. The van der Waals surface area contributed by atoms with Crippen LogP contribution in [0.4, 0.5) is 0 Å². The van der Waals surface area contributed by atoms with Crippen LogP contribution in [0, 0.1) is 0 Å². The van der Waals surface area contributed by atoms with Crippen LogP contribution >= 0.6 is 0 Å². The van der Waals surface area contributed by atoms with Crippen molar-refractivity contribution in [2.75, 3.05) is 0 Å². The van der Waals surface area contributed by atoms with E-state index in [1.807, 2.05) is 48.5 Å². The van der Waals surface area contributed by atoms with Crippen LogP contribution in [0.1, 0.15) is 31.0 Å². The average molecular weight is 253 g/mol. The summed E-state index contributed by atoms with van der Waals surface area (Å²) in [6.07, 6.45) is 3.41. The van der Waals surface area contributed by atoms with Crippen molar-refractivity contribution in [2.45, 2.75) is 25.4 Å². The minimum absolute atomic E-state index is 0.625. The van der Waals surface area contributed by atoms with Crippen LogP contribution in [0.25, 0.3) is 0 Å². The molecule has 1 aromatic carbocycles. The molecule has 0 bridgehead atoms. The van der Waals surface area contributed by atoms with Gasteiger partial charge in [-0.05, 0) is 29.7 Å². The molecular formula is C17H19NO. The van der Waals surface area contributed by atoms with Gasteiger partial charge >= 0.3 is 0 Å². The summed E-state index contributed by atoms with van der Waals surface area (Å²) in [4.78, 5) is 4.32. The highest BCUT2D eigenvalue weighted by Crippen LogP contribution is 2.36. The van der Waals surface area contributed by atoms with E-state index in [1.54, 1.807) is 6.20 Å². The van der Waals surface area contributed by atoms with Gasteiger partial charge in [0.1, 0.15) is 0 Å². The van der Waals surface area contributed by atoms with Gasteiger partial charge in [0.05, 0.1) is 5.69 Å². The minimum Gasteiger partial charge on any atom is -0.375 e. The maximum Gasteiger partial charge on any atom is 0.153 e. The van der Waals surface area contributed by atoms with Crippen molar-refractivity contribution in [3.63, 3.8) is 0 Å². The Labute approximate surface area is 114 Å². The van der Waals surface area contributed by atoms with Gasteiger partial charge in [0, 0.05) is 6.20 Å². The summed E-state index contributed by atoms with van der Waals surface area (Å²) < 4.78 is 0. The van der Waals surface area contributed by atoms with Gasteiger partial charge in [-0.3, -0.25) is 4.98 Å². The Kier molecular flexibility index (Phi) is 4.13. The second-order valence-electron chi connectivity index (χ2n) is 4.64. The van der Waals surface area contributed by atoms with E-state index in [2.05, 4.69) is 18.5 Å². The highest BCUT2D eigenvalue weighted by atomic mass is 16.3. The van der Waals surface area contributed by atoms with Crippen molar-refractivity contribution in [3.8, 4) is 0 Å². The predicted octanol–water partition coefficient (Wildman–Crippen LogP) is 3.67. The van der Waals surface area contributed by atoms with E-state index in [0.717, 1.165) is 24.0 Å². The molecule has 0 aliphatic heterocycles. The fourth-order valence-electron chi connectivity index (χ4n) is 2.27. The van der Waals surface area contributed by atoms with Gasteiger partial charge in [0.2, 0.25) is 0 Å². The Morgan fingerprint density at radius 1 is 1.16 bits per heavy atom. The van der Waals surface area contributed by atoms with E-state index in [1.165, 1.54) is 0 Å². The molecule has 0 spiro atoms. The fourth-order valence-corrected chi connectivity index (χ4v) is 2.27. The lowest BCUT2D eigenvalue weighted by Gasteiger charge is -2.30. The second kappa shape index (κ2) is 5.81. The lowest BCUT2D eigenvalue weighted by atomic mass is 9.81.